The summed E-state index contributed by atoms with van der Waals surface area (Å²) in [6, 6.07) is 0. The monoisotopic (exact) mass is 254 g/mol. The normalized spacial score (nSPS) is 43.4. The Morgan fingerprint density at radius 3 is 1.83 bits per heavy atom. The quantitative estimate of drug-likeness (QED) is 0.547. The Hall–Kier alpha value is -1.10. The number of rotatable bonds is 4. The SMILES string of the molecule is CCOC(=O)C1C2CC(C3OC23)C1C(=O)OCC. The molecule has 1 aliphatic heterocycles. The summed E-state index contributed by atoms with van der Waals surface area (Å²) in [7, 11) is 0. The summed E-state index contributed by atoms with van der Waals surface area (Å²) in [4.78, 5) is 24.1. The minimum Gasteiger partial charge on any atom is -0.466 e. The van der Waals surface area contributed by atoms with Gasteiger partial charge in [0.15, 0.2) is 0 Å². The number of epoxide rings is 1. The summed E-state index contributed by atoms with van der Waals surface area (Å²) in [6.45, 7) is 4.25. The van der Waals surface area contributed by atoms with Gasteiger partial charge in [-0.15, -0.1) is 0 Å². The molecule has 0 aromatic rings. The Balaban J connectivity index is 1.80. The van der Waals surface area contributed by atoms with E-state index in [0.29, 0.717) is 13.2 Å². The zero-order valence-corrected chi connectivity index (χ0v) is 10.6. The topological polar surface area (TPSA) is 65.1 Å². The summed E-state index contributed by atoms with van der Waals surface area (Å²) in [5.74, 6) is -0.966. The van der Waals surface area contributed by atoms with Crippen molar-refractivity contribution >= 4 is 11.9 Å². The van der Waals surface area contributed by atoms with Gasteiger partial charge in [0.05, 0.1) is 37.3 Å². The van der Waals surface area contributed by atoms with Crippen molar-refractivity contribution in [2.75, 3.05) is 13.2 Å². The Bertz CT molecular complexity index is 346. The van der Waals surface area contributed by atoms with E-state index in [2.05, 4.69) is 0 Å². The van der Waals surface area contributed by atoms with Gasteiger partial charge in [0.1, 0.15) is 0 Å². The Morgan fingerprint density at radius 1 is 1.00 bits per heavy atom. The van der Waals surface area contributed by atoms with Gasteiger partial charge in [-0.3, -0.25) is 9.59 Å². The van der Waals surface area contributed by atoms with Crippen LogP contribution in [0.5, 0.6) is 0 Å². The van der Waals surface area contributed by atoms with Crippen molar-refractivity contribution in [2.24, 2.45) is 23.7 Å². The third-order valence-electron chi connectivity index (χ3n) is 4.38. The number of ether oxygens (including phenoxy) is 3. The molecule has 6 atom stereocenters. The van der Waals surface area contributed by atoms with Crippen LogP contribution in [0.25, 0.3) is 0 Å². The molecular weight excluding hydrogens is 236 g/mol. The standard InChI is InChI=1S/C13H18O5/c1-3-16-12(14)8-6-5-7(11-10(6)18-11)9(8)13(15)17-4-2/h6-11H,3-5H2,1-2H3. The van der Waals surface area contributed by atoms with Crippen molar-refractivity contribution in [3.63, 3.8) is 0 Å². The number of hydrogen-bond acceptors (Lipinski definition) is 5. The van der Waals surface area contributed by atoms with Crippen LogP contribution >= 0.6 is 0 Å². The fraction of sp³-hybridized carbons (Fsp3) is 0.846. The lowest BCUT2D eigenvalue weighted by molar-refractivity contribution is -0.162. The molecule has 3 rings (SSSR count). The van der Waals surface area contributed by atoms with Crippen LogP contribution in [0.1, 0.15) is 20.3 Å². The molecule has 0 N–H and O–H groups in total. The van der Waals surface area contributed by atoms with Crippen molar-refractivity contribution in [2.45, 2.75) is 32.5 Å². The van der Waals surface area contributed by atoms with E-state index in [1.807, 2.05) is 0 Å². The largest absolute Gasteiger partial charge is 0.466 e. The molecule has 2 bridgehead atoms. The van der Waals surface area contributed by atoms with E-state index in [4.69, 9.17) is 14.2 Å². The molecule has 1 heterocycles. The number of fused-ring (bicyclic) bond motifs is 5. The van der Waals surface area contributed by atoms with Gasteiger partial charge < -0.3 is 14.2 Å². The highest BCUT2D eigenvalue weighted by Gasteiger charge is 2.71. The molecule has 100 valence electrons. The second kappa shape index (κ2) is 4.23. The second-order valence-corrected chi connectivity index (χ2v) is 5.18. The lowest BCUT2D eigenvalue weighted by atomic mass is 9.79. The predicted octanol–water partition coefficient (Wildman–Crippen LogP) is 0.762. The summed E-state index contributed by atoms with van der Waals surface area (Å²) < 4.78 is 15.7. The molecule has 2 aliphatic carbocycles. The van der Waals surface area contributed by atoms with Gasteiger partial charge in [0.25, 0.3) is 0 Å². The molecule has 0 amide bonds. The maximum Gasteiger partial charge on any atom is 0.310 e. The van der Waals surface area contributed by atoms with Gasteiger partial charge in [0, 0.05) is 11.8 Å². The summed E-state index contributed by atoms with van der Waals surface area (Å²) in [5, 5.41) is 0. The fourth-order valence-corrected chi connectivity index (χ4v) is 3.76. The van der Waals surface area contributed by atoms with Crippen LogP contribution in [0.15, 0.2) is 0 Å². The van der Waals surface area contributed by atoms with E-state index in [0.717, 1.165) is 6.42 Å². The van der Waals surface area contributed by atoms with Crippen LogP contribution in [-0.2, 0) is 23.8 Å². The van der Waals surface area contributed by atoms with Gasteiger partial charge in [-0.2, -0.15) is 0 Å². The van der Waals surface area contributed by atoms with Crippen LogP contribution < -0.4 is 0 Å². The molecule has 18 heavy (non-hydrogen) atoms. The minimum absolute atomic E-state index is 0.147. The molecular formula is C13H18O5. The maximum absolute atomic E-state index is 12.0. The van der Waals surface area contributed by atoms with Gasteiger partial charge in [-0.25, -0.2) is 0 Å². The van der Waals surface area contributed by atoms with E-state index in [-0.39, 0.29) is 47.8 Å². The van der Waals surface area contributed by atoms with Crippen molar-refractivity contribution in [1.29, 1.82) is 0 Å². The zero-order chi connectivity index (χ0) is 12.9. The molecule has 0 aromatic heterocycles. The number of esters is 2. The van der Waals surface area contributed by atoms with E-state index >= 15 is 0 Å². The van der Waals surface area contributed by atoms with E-state index < -0.39 is 0 Å². The lowest BCUT2D eigenvalue weighted by Gasteiger charge is -2.25. The zero-order valence-electron chi connectivity index (χ0n) is 10.6. The molecule has 5 heteroatoms. The molecule has 3 fully saturated rings. The highest BCUT2D eigenvalue weighted by molar-refractivity contribution is 5.84. The molecule has 0 aromatic carbocycles. The molecule has 1 saturated heterocycles. The van der Waals surface area contributed by atoms with Crippen molar-refractivity contribution in [3.8, 4) is 0 Å². The van der Waals surface area contributed by atoms with Crippen molar-refractivity contribution < 1.29 is 23.8 Å². The van der Waals surface area contributed by atoms with E-state index in [9.17, 15) is 9.59 Å². The summed E-state index contributed by atoms with van der Waals surface area (Å²) >= 11 is 0. The first-order valence-electron chi connectivity index (χ1n) is 6.67. The Labute approximate surface area is 106 Å². The molecule has 6 unspecified atom stereocenters. The van der Waals surface area contributed by atoms with Crippen molar-refractivity contribution in [1.82, 2.24) is 0 Å². The minimum atomic E-state index is -0.363. The molecule has 0 spiro atoms. The lowest BCUT2D eigenvalue weighted by Crippen LogP contribution is -2.39. The average molecular weight is 254 g/mol. The summed E-state index contributed by atoms with van der Waals surface area (Å²) in [5.41, 5.74) is 0. The van der Waals surface area contributed by atoms with Crippen molar-refractivity contribution in [3.05, 3.63) is 0 Å². The van der Waals surface area contributed by atoms with Crippen LogP contribution in [0.3, 0.4) is 0 Å². The smallest absolute Gasteiger partial charge is 0.310 e. The Morgan fingerprint density at radius 2 is 1.44 bits per heavy atom. The highest BCUT2D eigenvalue weighted by Crippen LogP contribution is 2.62. The van der Waals surface area contributed by atoms with E-state index in [1.54, 1.807) is 13.8 Å². The van der Waals surface area contributed by atoms with Gasteiger partial charge >= 0.3 is 11.9 Å². The number of hydrogen-bond donors (Lipinski definition) is 0. The van der Waals surface area contributed by atoms with Crippen LogP contribution in [-0.4, -0.2) is 37.4 Å². The molecule has 3 aliphatic rings. The second-order valence-electron chi connectivity index (χ2n) is 5.18. The van der Waals surface area contributed by atoms with Gasteiger partial charge in [-0.1, -0.05) is 0 Å². The van der Waals surface area contributed by atoms with Crippen LogP contribution in [0.4, 0.5) is 0 Å². The average Bonchev–Trinajstić information content (AvgIpc) is 2.95. The number of carbonyl (C=O) groups excluding carboxylic acids is 2. The Kier molecular flexibility index (Phi) is 2.81. The van der Waals surface area contributed by atoms with Crippen LogP contribution in [0.2, 0.25) is 0 Å². The summed E-state index contributed by atoms with van der Waals surface area (Å²) in [6.07, 6.45) is 1.24. The molecule has 5 nitrogen and oxygen atoms in total. The predicted molar refractivity (Wildman–Crippen MR) is 60.5 cm³/mol. The third kappa shape index (κ3) is 1.56. The third-order valence-corrected chi connectivity index (χ3v) is 4.38. The van der Waals surface area contributed by atoms with Gasteiger partial charge in [-0.05, 0) is 20.3 Å². The van der Waals surface area contributed by atoms with E-state index in [1.165, 1.54) is 0 Å². The first-order chi connectivity index (χ1) is 8.69. The molecule has 0 radical (unpaired) electrons. The first-order valence-corrected chi connectivity index (χ1v) is 6.67. The maximum atomic E-state index is 12.0. The first kappa shape index (κ1) is 12.0. The fourth-order valence-electron chi connectivity index (χ4n) is 3.76. The molecule has 2 saturated carbocycles. The number of carbonyl (C=O) groups is 2. The van der Waals surface area contributed by atoms with Gasteiger partial charge in [0.2, 0.25) is 0 Å². The highest BCUT2D eigenvalue weighted by atomic mass is 16.6. The van der Waals surface area contributed by atoms with Crippen LogP contribution in [0, 0.1) is 23.7 Å².